The molecule has 13 heavy (non-hydrogen) atoms. The summed E-state index contributed by atoms with van der Waals surface area (Å²) in [6.07, 6.45) is 3.93. The monoisotopic (exact) mass is 218 g/mol. The number of hydrogen-bond acceptors (Lipinski definition) is 2. The third-order valence-corrected chi connectivity index (χ3v) is 4.02. The van der Waals surface area contributed by atoms with Crippen molar-refractivity contribution in [2.45, 2.75) is 37.5 Å². The van der Waals surface area contributed by atoms with Crippen molar-refractivity contribution in [2.75, 3.05) is 12.8 Å². The molecular formula is C9H18N2S2. The van der Waals surface area contributed by atoms with E-state index in [1.54, 1.807) is 0 Å². The van der Waals surface area contributed by atoms with Crippen molar-refractivity contribution in [3.63, 3.8) is 0 Å². The van der Waals surface area contributed by atoms with Crippen LogP contribution in [0.3, 0.4) is 0 Å². The molecule has 0 amide bonds. The summed E-state index contributed by atoms with van der Waals surface area (Å²) in [5.41, 5.74) is 0. The molecule has 0 spiro atoms. The molecule has 2 atom stereocenters. The second kappa shape index (κ2) is 5.70. The fourth-order valence-electron chi connectivity index (χ4n) is 1.75. The summed E-state index contributed by atoms with van der Waals surface area (Å²) in [6, 6.07) is 0.588. The van der Waals surface area contributed by atoms with Gasteiger partial charge in [-0.05, 0) is 30.8 Å². The van der Waals surface area contributed by atoms with Gasteiger partial charge >= 0.3 is 0 Å². The van der Waals surface area contributed by atoms with Crippen LogP contribution in [0.4, 0.5) is 0 Å². The molecule has 1 fully saturated rings. The van der Waals surface area contributed by atoms with Gasteiger partial charge in [0.2, 0.25) is 0 Å². The Morgan fingerprint density at radius 1 is 1.54 bits per heavy atom. The number of nitrogens with one attached hydrogen (secondary N) is 2. The van der Waals surface area contributed by atoms with E-state index in [0.717, 1.165) is 10.4 Å². The second-order valence-corrected chi connectivity index (χ2v) is 5.18. The summed E-state index contributed by atoms with van der Waals surface area (Å²) < 4.78 is 0. The van der Waals surface area contributed by atoms with Gasteiger partial charge in [-0.2, -0.15) is 11.8 Å². The van der Waals surface area contributed by atoms with E-state index in [9.17, 15) is 0 Å². The summed E-state index contributed by atoms with van der Waals surface area (Å²) in [5, 5.41) is 7.87. The maximum absolute atomic E-state index is 5.10. The van der Waals surface area contributed by atoms with Crippen LogP contribution in [0.25, 0.3) is 0 Å². The average molecular weight is 218 g/mol. The highest BCUT2D eigenvalue weighted by Crippen LogP contribution is 2.29. The van der Waals surface area contributed by atoms with Crippen LogP contribution < -0.4 is 10.6 Å². The van der Waals surface area contributed by atoms with E-state index in [4.69, 9.17) is 12.2 Å². The lowest BCUT2D eigenvalue weighted by Gasteiger charge is -2.21. The average Bonchev–Trinajstić information content (AvgIpc) is 2.54. The van der Waals surface area contributed by atoms with E-state index in [1.165, 1.54) is 25.0 Å². The van der Waals surface area contributed by atoms with Gasteiger partial charge in [0.15, 0.2) is 5.11 Å². The second-order valence-electron chi connectivity index (χ2n) is 3.25. The molecule has 0 aliphatic heterocycles. The first-order valence-corrected chi connectivity index (χ1v) is 6.33. The molecule has 0 saturated heterocycles. The fraction of sp³-hybridized carbons (Fsp3) is 0.889. The molecule has 2 unspecified atom stereocenters. The van der Waals surface area contributed by atoms with Crippen molar-refractivity contribution >= 4 is 29.1 Å². The highest BCUT2D eigenvalue weighted by molar-refractivity contribution is 7.99. The fourth-order valence-corrected chi connectivity index (χ4v) is 3.09. The summed E-state index contributed by atoms with van der Waals surface area (Å²) >= 11 is 7.15. The number of rotatable bonds is 3. The maximum atomic E-state index is 5.10. The highest BCUT2D eigenvalue weighted by Gasteiger charge is 2.27. The van der Waals surface area contributed by atoms with Crippen LogP contribution in [0.15, 0.2) is 0 Å². The molecule has 0 radical (unpaired) electrons. The summed E-state index contributed by atoms with van der Waals surface area (Å²) in [6.45, 7) is 2.22. The molecule has 0 aromatic heterocycles. The minimum absolute atomic E-state index is 0.588. The van der Waals surface area contributed by atoms with Gasteiger partial charge in [-0.3, -0.25) is 0 Å². The van der Waals surface area contributed by atoms with Gasteiger partial charge in [0.1, 0.15) is 0 Å². The van der Waals surface area contributed by atoms with Gasteiger partial charge in [-0.25, -0.2) is 0 Å². The van der Waals surface area contributed by atoms with Crippen LogP contribution in [-0.2, 0) is 0 Å². The molecule has 1 saturated carbocycles. The first kappa shape index (κ1) is 11.1. The van der Waals surface area contributed by atoms with Gasteiger partial charge in [-0.15, -0.1) is 0 Å². The van der Waals surface area contributed by atoms with Crippen LogP contribution in [0.2, 0.25) is 0 Å². The van der Waals surface area contributed by atoms with Crippen molar-refractivity contribution in [3.05, 3.63) is 0 Å². The van der Waals surface area contributed by atoms with Crippen LogP contribution in [0.1, 0.15) is 26.2 Å². The van der Waals surface area contributed by atoms with Crippen molar-refractivity contribution in [3.8, 4) is 0 Å². The Labute approximate surface area is 90.2 Å². The molecule has 0 heterocycles. The Morgan fingerprint density at radius 2 is 2.31 bits per heavy atom. The van der Waals surface area contributed by atoms with Gasteiger partial charge in [-0.1, -0.05) is 13.3 Å². The zero-order chi connectivity index (χ0) is 9.68. The first-order chi connectivity index (χ1) is 6.27. The predicted octanol–water partition coefficient (Wildman–Crippen LogP) is 1.75. The lowest BCUT2D eigenvalue weighted by molar-refractivity contribution is 0.637. The van der Waals surface area contributed by atoms with Crippen molar-refractivity contribution in [2.24, 2.45) is 0 Å². The lowest BCUT2D eigenvalue weighted by atomic mass is 10.2. The Morgan fingerprint density at radius 3 is 2.92 bits per heavy atom. The molecule has 0 aromatic rings. The molecule has 0 bridgehead atoms. The predicted molar refractivity (Wildman–Crippen MR) is 64.4 cm³/mol. The standard InChI is InChI=1S/C9H18N2S2/c1-3-13-8-6-4-5-7(8)11-9(12)10-2/h7-8H,3-6H2,1-2H3,(H2,10,11,12). The van der Waals surface area contributed by atoms with Crippen molar-refractivity contribution < 1.29 is 0 Å². The van der Waals surface area contributed by atoms with E-state index in [2.05, 4.69) is 17.6 Å². The van der Waals surface area contributed by atoms with Gasteiger partial charge in [0.25, 0.3) is 0 Å². The summed E-state index contributed by atoms with van der Waals surface area (Å²) in [5.74, 6) is 1.20. The Kier molecular flexibility index (Phi) is 4.88. The minimum Gasteiger partial charge on any atom is -0.366 e. The van der Waals surface area contributed by atoms with Gasteiger partial charge in [0.05, 0.1) is 0 Å². The van der Waals surface area contributed by atoms with Gasteiger partial charge < -0.3 is 10.6 Å². The van der Waals surface area contributed by atoms with Crippen LogP contribution in [0.5, 0.6) is 0 Å². The molecule has 1 rings (SSSR count). The van der Waals surface area contributed by atoms with Crippen molar-refractivity contribution in [1.29, 1.82) is 0 Å². The smallest absolute Gasteiger partial charge is 0.166 e. The Hall–Kier alpha value is 0.0400. The van der Waals surface area contributed by atoms with E-state index in [0.29, 0.717) is 6.04 Å². The zero-order valence-corrected chi connectivity index (χ0v) is 9.93. The molecule has 76 valence electrons. The number of hydrogen-bond donors (Lipinski definition) is 2. The molecular weight excluding hydrogens is 200 g/mol. The molecule has 1 aliphatic rings. The number of thiocarbonyl (C=S) groups is 1. The molecule has 2 nitrogen and oxygen atoms in total. The van der Waals surface area contributed by atoms with E-state index < -0.39 is 0 Å². The largest absolute Gasteiger partial charge is 0.366 e. The van der Waals surface area contributed by atoms with E-state index in [-0.39, 0.29) is 0 Å². The molecule has 2 N–H and O–H groups in total. The van der Waals surface area contributed by atoms with E-state index in [1.807, 2.05) is 18.8 Å². The quantitative estimate of drug-likeness (QED) is 0.705. The molecule has 4 heteroatoms. The summed E-state index contributed by atoms with van der Waals surface area (Å²) in [7, 11) is 1.87. The maximum Gasteiger partial charge on any atom is 0.166 e. The SMILES string of the molecule is CCSC1CCCC1NC(=S)NC. The lowest BCUT2D eigenvalue weighted by Crippen LogP contribution is -2.43. The summed E-state index contributed by atoms with van der Waals surface area (Å²) in [4.78, 5) is 0. The topological polar surface area (TPSA) is 24.1 Å². The first-order valence-electron chi connectivity index (χ1n) is 4.87. The van der Waals surface area contributed by atoms with Crippen LogP contribution in [0, 0.1) is 0 Å². The highest BCUT2D eigenvalue weighted by atomic mass is 32.2. The van der Waals surface area contributed by atoms with Crippen LogP contribution >= 0.6 is 24.0 Å². The zero-order valence-electron chi connectivity index (χ0n) is 8.30. The normalized spacial score (nSPS) is 27.2. The van der Waals surface area contributed by atoms with E-state index >= 15 is 0 Å². The van der Waals surface area contributed by atoms with Crippen LogP contribution in [-0.4, -0.2) is 29.2 Å². The Bertz CT molecular complexity index is 173. The van der Waals surface area contributed by atoms with Crippen molar-refractivity contribution in [1.82, 2.24) is 10.6 Å². The number of thioether (sulfide) groups is 1. The third-order valence-electron chi connectivity index (χ3n) is 2.38. The van der Waals surface area contributed by atoms with Gasteiger partial charge in [0, 0.05) is 18.3 Å². The minimum atomic E-state index is 0.588. The molecule has 1 aliphatic carbocycles. The Balaban J connectivity index is 2.34. The third kappa shape index (κ3) is 3.35. The molecule has 0 aromatic carbocycles.